The van der Waals surface area contributed by atoms with Gasteiger partial charge in [0.2, 0.25) is 11.8 Å². The second-order valence-electron chi connectivity index (χ2n) is 5.67. The van der Waals surface area contributed by atoms with Crippen molar-refractivity contribution in [2.24, 2.45) is 5.92 Å². The number of nitrogens with zero attached hydrogens (tertiary/aromatic N) is 2. The molecule has 5 amide bonds. The van der Waals surface area contributed by atoms with Crippen LogP contribution in [0.3, 0.4) is 0 Å². The molecule has 11 heteroatoms. The second-order valence-corrected chi connectivity index (χ2v) is 5.67. The Morgan fingerprint density at radius 3 is 2.25 bits per heavy atom. The minimum absolute atomic E-state index is 0.0554. The van der Waals surface area contributed by atoms with Crippen LogP contribution >= 0.6 is 0 Å². The van der Waals surface area contributed by atoms with E-state index in [1.54, 1.807) is 0 Å². The van der Waals surface area contributed by atoms with Crippen LogP contribution in [0.2, 0.25) is 0 Å². The van der Waals surface area contributed by atoms with Crippen LogP contribution in [0.5, 0.6) is 0 Å². The number of halogens is 1. The molecule has 0 aliphatic carbocycles. The van der Waals surface area contributed by atoms with Crippen LogP contribution in [0.4, 0.5) is 26.2 Å². The summed E-state index contributed by atoms with van der Waals surface area (Å²) in [7, 11) is 0. The Balaban J connectivity index is 1.85. The fourth-order valence-electron chi connectivity index (χ4n) is 2.52. The molecule has 142 valence electrons. The Morgan fingerprint density at radius 1 is 1.07 bits per heavy atom. The Hall–Kier alpha value is -4.15. The van der Waals surface area contributed by atoms with E-state index in [9.17, 15) is 33.7 Å². The molecular formula is C17H11FN4O6. The van der Waals surface area contributed by atoms with E-state index < -0.39 is 40.4 Å². The Bertz CT molecular complexity index is 990. The van der Waals surface area contributed by atoms with E-state index in [2.05, 4.69) is 5.32 Å². The molecule has 0 saturated carbocycles. The average molecular weight is 386 g/mol. The summed E-state index contributed by atoms with van der Waals surface area (Å²) in [4.78, 5) is 59.7. The second kappa shape index (κ2) is 7.23. The number of anilines is 2. The lowest BCUT2D eigenvalue weighted by atomic mass is 10.0. The predicted molar refractivity (Wildman–Crippen MR) is 92.6 cm³/mol. The summed E-state index contributed by atoms with van der Waals surface area (Å²) in [6.07, 6.45) is 0. The molecule has 1 saturated heterocycles. The molecule has 0 spiro atoms. The van der Waals surface area contributed by atoms with E-state index in [1.807, 2.05) is 5.32 Å². The third kappa shape index (κ3) is 3.53. The Labute approximate surface area is 156 Å². The van der Waals surface area contributed by atoms with Crippen molar-refractivity contribution in [3.63, 3.8) is 0 Å². The first-order chi connectivity index (χ1) is 13.3. The number of rotatable bonds is 4. The first-order valence-corrected chi connectivity index (χ1v) is 7.77. The number of urea groups is 1. The molecule has 2 aromatic carbocycles. The maximum absolute atomic E-state index is 12.9. The van der Waals surface area contributed by atoms with Crippen molar-refractivity contribution >= 4 is 40.8 Å². The maximum Gasteiger partial charge on any atom is 0.335 e. The molecule has 28 heavy (non-hydrogen) atoms. The molecule has 2 aromatic rings. The Morgan fingerprint density at radius 2 is 1.68 bits per heavy atom. The lowest BCUT2D eigenvalue weighted by Gasteiger charge is -2.29. The minimum atomic E-state index is -1.88. The molecule has 3 rings (SSSR count). The van der Waals surface area contributed by atoms with Crippen molar-refractivity contribution in [2.75, 3.05) is 10.2 Å². The van der Waals surface area contributed by atoms with Gasteiger partial charge in [-0.15, -0.1) is 0 Å². The summed E-state index contributed by atoms with van der Waals surface area (Å²) in [6.45, 7) is 0. The van der Waals surface area contributed by atoms with Crippen LogP contribution in [0, 0.1) is 21.8 Å². The fraction of sp³-hybridized carbons (Fsp3) is 0.0588. The van der Waals surface area contributed by atoms with Crippen molar-refractivity contribution in [3.05, 3.63) is 64.5 Å². The monoisotopic (exact) mass is 386 g/mol. The quantitative estimate of drug-likeness (QED) is 0.465. The van der Waals surface area contributed by atoms with Crippen LogP contribution in [-0.4, -0.2) is 28.7 Å². The number of nitro benzene ring substituents is 1. The molecule has 10 nitrogen and oxygen atoms in total. The molecule has 0 radical (unpaired) electrons. The standard InChI is InChI=1S/C17H11FN4O6/c18-9-1-3-10(4-2-9)19-14(23)13-15(24)20-17(26)21(16(13)25)11-5-7-12(8-6-11)22(27)28/h1-8,13H,(H,19,23)(H,20,24,26). The van der Waals surface area contributed by atoms with Gasteiger partial charge >= 0.3 is 6.03 Å². The number of benzene rings is 2. The highest BCUT2D eigenvalue weighted by atomic mass is 19.1. The smallest absolute Gasteiger partial charge is 0.325 e. The predicted octanol–water partition coefficient (Wildman–Crippen LogP) is 1.57. The van der Waals surface area contributed by atoms with Crippen molar-refractivity contribution in [2.45, 2.75) is 0 Å². The summed E-state index contributed by atoms with van der Waals surface area (Å²) >= 11 is 0. The van der Waals surface area contributed by atoms with Crippen LogP contribution in [0.1, 0.15) is 0 Å². The first kappa shape index (κ1) is 18.6. The number of hydrogen-bond donors (Lipinski definition) is 2. The first-order valence-electron chi connectivity index (χ1n) is 7.77. The normalized spacial score (nSPS) is 16.5. The van der Waals surface area contributed by atoms with Gasteiger partial charge in [-0.3, -0.25) is 29.8 Å². The topological polar surface area (TPSA) is 139 Å². The van der Waals surface area contributed by atoms with E-state index >= 15 is 0 Å². The van der Waals surface area contributed by atoms with Gasteiger partial charge in [-0.2, -0.15) is 0 Å². The number of non-ortho nitro benzene ring substituents is 1. The van der Waals surface area contributed by atoms with Crippen LogP contribution < -0.4 is 15.5 Å². The van der Waals surface area contributed by atoms with E-state index in [0.29, 0.717) is 4.90 Å². The molecule has 1 aliphatic heterocycles. The van der Waals surface area contributed by atoms with Crippen molar-refractivity contribution < 1.29 is 28.5 Å². The summed E-state index contributed by atoms with van der Waals surface area (Å²) in [5.74, 6) is -5.68. The van der Waals surface area contributed by atoms with Gasteiger partial charge in [0.1, 0.15) is 5.82 Å². The number of carbonyl (C=O) groups is 4. The van der Waals surface area contributed by atoms with Gasteiger partial charge in [0.25, 0.3) is 11.6 Å². The SMILES string of the molecule is O=C1NC(=O)N(c2ccc([N+](=O)[O-])cc2)C(=O)C1C(=O)Nc1ccc(F)cc1. The number of nitrogens with one attached hydrogen (secondary N) is 2. The maximum atomic E-state index is 12.9. The summed E-state index contributed by atoms with van der Waals surface area (Å²) in [6, 6.07) is 7.95. The molecule has 0 aromatic heterocycles. The van der Waals surface area contributed by atoms with Crippen LogP contribution in [-0.2, 0) is 14.4 Å². The number of carbonyl (C=O) groups excluding carboxylic acids is 4. The third-order valence-corrected chi connectivity index (χ3v) is 3.86. The van der Waals surface area contributed by atoms with Crippen molar-refractivity contribution in [3.8, 4) is 0 Å². The summed E-state index contributed by atoms with van der Waals surface area (Å²) in [5, 5.41) is 14.9. The van der Waals surface area contributed by atoms with E-state index in [0.717, 1.165) is 36.4 Å². The zero-order valence-corrected chi connectivity index (χ0v) is 13.9. The zero-order valence-electron chi connectivity index (χ0n) is 13.9. The molecule has 1 fully saturated rings. The lowest BCUT2D eigenvalue weighted by Crippen LogP contribution is -2.61. The van der Waals surface area contributed by atoms with Gasteiger partial charge in [0, 0.05) is 17.8 Å². The number of hydrogen-bond acceptors (Lipinski definition) is 6. The molecule has 0 bridgehead atoms. The average Bonchev–Trinajstić information content (AvgIpc) is 2.63. The van der Waals surface area contributed by atoms with E-state index in [1.165, 1.54) is 12.1 Å². The van der Waals surface area contributed by atoms with Crippen LogP contribution in [0.25, 0.3) is 0 Å². The third-order valence-electron chi connectivity index (χ3n) is 3.86. The Kier molecular flexibility index (Phi) is 4.81. The summed E-state index contributed by atoms with van der Waals surface area (Å²) < 4.78 is 12.9. The molecular weight excluding hydrogens is 375 g/mol. The largest absolute Gasteiger partial charge is 0.335 e. The van der Waals surface area contributed by atoms with Gasteiger partial charge in [-0.1, -0.05) is 0 Å². The highest BCUT2D eigenvalue weighted by Gasteiger charge is 2.45. The van der Waals surface area contributed by atoms with Gasteiger partial charge in [0.15, 0.2) is 5.92 Å². The molecule has 1 atom stereocenters. The van der Waals surface area contributed by atoms with Crippen molar-refractivity contribution in [1.82, 2.24) is 5.32 Å². The van der Waals surface area contributed by atoms with Crippen LogP contribution in [0.15, 0.2) is 48.5 Å². The van der Waals surface area contributed by atoms with Gasteiger partial charge in [-0.05, 0) is 36.4 Å². The summed E-state index contributed by atoms with van der Waals surface area (Å²) in [5.41, 5.74) is -0.179. The molecule has 1 unspecified atom stereocenters. The number of barbiturate groups is 1. The van der Waals surface area contributed by atoms with E-state index in [4.69, 9.17) is 0 Å². The van der Waals surface area contributed by atoms with Gasteiger partial charge in [0.05, 0.1) is 10.6 Å². The highest BCUT2D eigenvalue weighted by molar-refractivity contribution is 6.35. The van der Waals surface area contributed by atoms with Crippen molar-refractivity contribution in [1.29, 1.82) is 0 Å². The lowest BCUT2D eigenvalue weighted by molar-refractivity contribution is -0.384. The van der Waals surface area contributed by atoms with Gasteiger partial charge < -0.3 is 5.32 Å². The number of nitro groups is 1. The highest BCUT2D eigenvalue weighted by Crippen LogP contribution is 2.24. The fourth-order valence-corrected chi connectivity index (χ4v) is 2.52. The number of amides is 5. The molecule has 1 aliphatic rings. The molecule has 1 heterocycles. The van der Waals surface area contributed by atoms with Gasteiger partial charge in [-0.25, -0.2) is 14.1 Å². The molecule has 2 N–H and O–H groups in total. The number of imide groups is 2. The van der Waals surface area contributed by atoms with E-state index in [-0.39, 0.29) is 17.1 Å². The minimum Gasteiger partial charge on any atom is -0.325 e. The zero-order chi connectivity index (χ0) is 20.4.